The Labute approximate surface area is 200 Å². The Hall–Kier alpha value is -3.88. The molecule has 0 fully saturated rings. The summed E-state index contributed by atoms with van der Waals surface area (Å²) < 4.78 is 0. The molecule has 164 valence electrons. The second kappa shape index (κ2) is 7.06. The Morgan fingerprint density at radius 3 is 2.32 bits per heavy atom. The van der Waals surface area contributed by atoms with E-state index in [-0.39, 0.29) is 11.5 Å². The summed E-state index contributed by atoms with van der Waals surface area (Å²) in [5.41, 5.74) is 16.7. The molecule has 7 rings (SSSR count). The molecule has 1 aliphatic carbocycles. The van der Waals surface area contributed by atoms with Crippen LogP contribution in [0.15, 0.2) is 109 Å². The minimum atomic E-state index is 0.0242. The topological polar surface area (TPSA) is 15.3 Å². The van der Waals surface area contributed by atoms with Gasteiger partial charge < -0.3 is 0 Å². The lowest BCUT2D eigenvalue weighted by atomic mass is 9.81. The van der Waals surface area contributed by atoms with Crippen molar-refractivity contribution in [2.45, 2.75) is 25.3 Å². The molecule has 0 saturated heterocycles. The van der Waals surface area contributed by atoms with Gasteiger partial charge in [-0.15, -0.1) is 0 Å². The van der Waals surface area contributed by atoms with Crippen molar-refractivity contribution in [3.8, 4) is 22.3 Å². The summed E-state index contributed by atoms with van der Waals surface area (Å²) in [6.45, 7) is 4.68. The number of nitrogens with one attached hydrogen (secondary N) is 1. The summed E-state index contributed by atoms with van der Waals surface area (Å²) in [5.74, 6) is 0. The predicted molar refractivity (Wildman–Crippen MR) is 141 cm³/mol. The van der Waals surface area contributed by atoms with E-state index in [2.05, 4.69) is 134 Å². The third-order valence-electron chi connectivity index (χ3n) is 7.66. The van der Waals surface area contributed by atoms with Crippen molar-refractivity contribution in [3.63, 3.8) is 0 Å². The summed E-state index contributed by atoms with van der Waals surface area (Å²) in [5, 5.41) is 2.20. The van der Waals surface area contributed by atoms with Gasteiger partial charge in [-0.1, -0.05) is 98.8 Å². The van der Waals surface area contributed by atoms with Crippen LogP contribution in [0.1, 0.15) is 42.1 Å². The van der Waals surface area contributed by atoms with Crippen LogP contribution in [0.25, 0.3) is 28.3 Å². The lowest BCUT2D eigenvalue weighted by molar-refractivity contribution is 0.660. The number of allylic oxidation sites excluding steroid dienone is 1. The predicted octanol–water partition coefficient (Wildman–Crippen LogP) is 7.64. The first kappa shape index (κ1) is 19.6. The Balaban J connectivity index is 1.19. The van der Waals surface area contributed by atoms with E-state index in [1.807, 2.05) is 0 Å². The van der Waals surface area contributed by atoms with Crippen molar-refractivity contribution in [2.24, 2.45) is 0 Å². The second-order valence-corrected chi connectivity index (χ2v) is 9.98. The number of nitrogens with zero attached hydrogens (tertiary/aromatic N) is 1. The normalized spacial score (nSPS) is 18.7. The minimum Gasteiger partial charge on any atom is -0.276 e. The first-order chi connectivity index (χ1) is 16.6. The molecule has 4 aromatic carbocycles. The highest BCUT2D eigenvalue weighted by molar-refractivity contribution is 5.83. The summed E-state index contributed by atoms with van der Waals surface area (Å²) in [6.07, 6.45) is 6.68. The monoisotopic (exact) mass is 438 g/mol. The van der Waals surface area contributed by atoms with E-state index in [1.54, 1.807) is 0 Å². The maximum absolute atomic E-state index is 3.67. The van der Waals surface area contributed by atoms with E-state index in [0.717, 1.165) is 0 Å². The van der Waals surface area contributed by atoms with Crippen LogP contribution in [0.3, 0.4) is 0 Å². The van der Waals surface area contributed by atoms with Crippen LogP contribution in [0.5, 0.6) is 0 Å². The van der Waals surface area contributed by atoms with Crippen LogP contribution >= 0.6 is 0 Å². The van der Waals surface area contributed by atoms with Gasteiger partial charge in [-0.25, -0.2) is 5.43 Å². The van der Waals surface area contributed by atoms with Crippen molar-refractivity contribution in [1.82, 2.24) is 5.43 Å². The largest absolute Gasteiger partial charge is 0.276 e. The molecular formula is C32H26N2. The lowest BCUT2D eigenvalue weighted by Gasteiger charge is -2.27. The number of para-hydroxylation sites is 1. The van der Waals surface area contributed by atoms with Crippen molar-refractivity contribution in [2.75, 3.05) is 5.01 Å². The highest BCUT2D eigenvalue weighted by atomic mass is 15.5. The molecule has 0 aromatic heterocycles. The Morgan fingerprint density at radius 1 is 0.706 bits per heavy atom. The van der Waals surface area contributed by atoms with Crippen LogP contribution < -0.4 is 10.4 Å². The zero-order chi connectivity index (χ0) is 22.9. The van der Waals surface area contributed by atoms with Gasteiger partial charge in [-0.3, -0.25) is 5.01 Å². The highest BCUT2D eigenvalue weighted by Crippen LogP contribution is 2.49. The molecule has 2 heterocycles. The molecule has 1 unspecified atom stereocenters. The molecule has 2 heteroatoms. The van der Waals surface area contributed by atoms with Gasteiger partial charge in [0, 0.05) is 5.41 Å². The van der Waals surface area contributed by atoms with E-state index in [1.165, 1.54) is 55.9 Å². The zero-order valence-corrected chi connectivity index (χ0v) is 19.4. The molecule has 34 heavy (non-hydrogen) atoms. The van der Waals surface area contributed by atoms with Crippen molar-refractivity contribution in [1.29, 1.82) is 0 Å². The molecule has 2 aliphatic heterocycles. The number of anilines is 1. The fraction of sp³-hybridized carbons (Fsp3) is 0.125. The molecular weight excluding hydrogens is 412 g/mol. The number of benzene rings is 4. The maximum Gasteiger partial charge on any atom is 0.0720 e. The van der Waals surface area contributed by atoms with Gasteiger partial charge in [-0.2, -0.15) is 0 Å². The third kappa shape index (κ3) is 2.79. The van der Waals surface area contributed by atoms with Crippen LogP contribution in [-0.4, -0.2) is 0 Å². The average molecular weight is 439 g/mol. The zero-order valence-electron chi connectivity index (χ0n) is 19.4. The first-order valence-corrected chi connectivity index (χ1v) is 12.0. The Bertz CT molecular complexity index is 1500. The SMILES string of the molecule is CC1(C)c2ccccc2-c2ccc(-c3ccc(C4C=C5C=Cc6ccccc6N5N4)cc3)cc21. The van der Waals surface area contributed by atoms with Crippen LogP contribution in [0.2, 0.25) is 0 Å². The molecule has 1 atom stereocenters. The molecule has 4 aromatic rings. The fourth-order valence-electron chi connectivity index (χ4n) is 5.78. The smallest absolute Gasteiger partial charge is 0.0720 e. The quantitative estimate of drug-likeness (QED) is 0.346. The number of fused-ring (bicyclic) bond motifs is 6. The lowest BCUT2D eigenvalue weighted by Crippen LogP contribution is -2.34. The molecule has 2 nitrogen and oxygen atoms in total. The summed E-state index contributed by atoms with van der Waals surface area (Å²) in [6, 6.07) is 33.5. The third-order valence-corrected chi connectivity index (χ3v) is 7.66. The fourth-order valence-corrected chi connectivity index (χ4v) is 5.78. The summed E-state index contributed by atoms with van der Waals surface area (Å²) >= 11 is 0. The number of rotatable bonds is 2. The molecule has 0 amide bonds. The highest BCUT2D eigenvalue weighted by Gasteiger charge is 2.35. The minimum absolute atomic E-state index is 0.0242. The summed E-state index contributed by atoms with van der Waals surface area (Å²) in [4.78, 5) is 0. The van der Waals surface area contributed by atoms with Gasteiger partial charge in [0.15, 0.2) is 0 Å². The van der Waals surface area contributed by atoms with Crippen molar-refractivity contribution >= 4 is 11.8 Å². The molecule has 1 N–H and O–H groups in total. The number of hydrazine groups is 1. The Kier molecular flexibility index (Phi) is 4.06. The van der Waals surface area contributed by atoms with E-state index >= 15 is 0 Å². The Morgan fingerprint density at radius 2 is 1.44 bits per heavy atom. The van der Waals surface area contributed by atoms with Gasteiger partial charge in [0.05, 0.1) is 17.4 Å². The van der Waals surface area contributed by atoms with Gasteiger partial charge in [0.25, 0.3) is 0 Å². The average Bonchev–Trinajstić information content (AvgIpc) is 3.42. The number of hydrogen-bond donors (Lipinski definition) is 1. The maximum atomic E-state index is 3.67. The van der Waals surface area contributed by atoms with Gasteiger partial charge >= 0.3 is 0 Å². The van der Waals surface area contributed by atoms with Crippen molar-refractivity contribution < 1.29 is 0 Å². The molecule has 0 radical (unpaired) electrons. The molecule has 0 saturated carbocycles. The first-order valence-electron chi connectivity index (χ1n) is 12.0. The molecule has 0 bridgehead atoms. The van der Waals surface area contributed by atoms with Crippen LogP contribution in [-0.2, 0) is 5.41 Å². The summed E-state index contributed by atoms with van der Waals surface area (Å²) in [7, 11) is 0. The van der Waals surface area contributed by atoms with E-state index < -0.39 is 0 Å². The van der Waals surface area contributed by atoms with Crippen LogP contribution in [0.4, 0.5) is 5.69 Å². The van der Waals surface area contributed by atoms with E-state index in [4.69, 9.17) is 0 Å². The molecule has 0 spiro atoms. The number of hydrogen-bond acceptors (Lipinski definition) is 2. The van der Waals surface area contributed by atoms with E-state index in [9.17, 15) is 0 Å². The van der Waals surface area contributed by atoms with Gasteiger partial charge in [-0.05, 0) is 68.8 Å². The van der Waals surface area contributed by atoms with Gasteiger partial charge in [0.2, 0.25) is 0 Å². The second-order valence-electron chi connectivity index (χ2n) is 9.98. The van der Waals surface area contributed by atoms with Gasteiger partial charge in [0.1, 0.15) is 0 Å². The van der Waals surface area contributed by atoms with Crippen LogP contribution in [0, 0.1) is 0 Å². The standard InChI is InChI=1S/C32H26N2/c1-32(2)28-9-5-4-8-26(28)27-18-16-24(19-29(27)32)21-11-13-22(14-12-21)30-20-25-17-15-23-7-3-6-10-31(23)34(25)33-30/h3-20,30,33H,1-2H3. The van der Waals surface area contributed by atoms with Crippen molar-refractivity contribution in [3.05, 3.63) is 131 Å². The molecule has 3 aliphatic rings. The van der Waals surface area contributed by atoms with E-state index in [0.29, 0.717) is 0 Å².